The Morgan fingerprint density at radius 1 is 0.962 bits per heavy atom. The first-order chi connectivity index (χ1) is 12.2. The number of sulfone groups is 1. The Labute approximate surface area is 150 Å². The number of hydrogen-bond donors (Lipinski definition) is 1. The Hall–Kier alpha value is -3.00. The molecule has 0 saturated heterocycles. The number of amides is 1. The Kier molecular flexibility index (Phi) is 5.89. The van der Waals surface area contributed by atoms with Gasteiger partial charge in [-0.3, -0.25) is 9.59 Å². The molecule has 2 rings (SSSR count). The molecule has 0 saturated carbocycles. The van der Waals surface area contributed by atoms with E-state index in [0.29, 0.717) is 11.3 Å². The maximum Gasteiger partial charge on any atom is 0.339 e. The predicted octanol–water partition coefficient (Wildman–Crippen LogP) is 2.09. The van der Waals surface area contributed by atoms with E-state index >= 15 is 0 Å². The quantitative estimate of drug-likeness (QED) is 0.612. The molecular weight excluding hydrogens is 358 g/mol. The number of carbonyl (C=O) groups is 3. The standard InChI is InChI=1S/C18H17NO6S/c1-12(20)13-7-3-5-9-15(13)19-17(21)11-25-18(22)14-8-4-6-10-16(14)26(2,23)24/h3-10H,11H2,1-2H3,(H,19,21). The zero-order valence-corrected chi connectivity index (χ0v) is 15.0. The van der Waals surface area contributed by atoms with E-state index < -0.39 is 28.3 Å². The number of Topliss-reactive ketones (excluding diaryl/α,β-unsaturated/α-hetero) is 1. The van der Waals surface area contributed by atoms with E-state index in [1.807, 2.05) is 0 Å². The monoisotopic (exact) mass is 375 g/mol. The van der Waals surface area contributed by atoms with Crippen LogP contribution < -0.4 is 5.32 Å². The molecule has 0 spiro atoms. The second-order valence-electron chi connectivity index (χ2n) is 5.49. The van der Waals surface area contributed by atoms with Crippen molar-refractivity contribution in [2.45, 2.75) is 11.8 Å². The van der Waals surface area contributed by atoms with Crippen LogP contribution in [0.25, 0.3) is 0 Å². The predicted molar refractivity (Wildman–Crippen MR) is 94.9 cm³/mol. The number of esters is 1. The van der Waals surface area contributed by atoms with Crippen LogP contribution in [0.15, 0.2) is 53.4 Å². The van der Waals surface area contributed by atoms with E-state index in [1.165, 1.54) is 31.2 Å². The molecule has 2 aromatic rings. The van der Waals surface area contributed by atoms with Gasteiger partial charge in [0.25, 0.3) is 5.91 Å². The highest BCUT2D eigenvalue weighted by Gasteiger charge is 2.20. The second-order valence-corrected chi connectivity index (χ2v) is 7.48. The highest BCUT2D eigenvalue weighted by Crippen LogP contribution is 2.17. The minimum atomic E-state index is -3.62. The van der Waals surface area contributed by atoms with Crippen LogP contribution >= 0.6 is 0 Å². The van der Waals surface area contributed by atoms with E-state index in [0.717, 1.165) is 6.26 Å². The Balaban J connectivity index is 2.07. The average Bonchev–Trinajstić information content (AvgIpc) is 2.59. The fourth-order valence-electron chi connectivity index (χ4n) is 2.25. The minimum absolute atomic E-state index is 0.146. The molecule has 0 aromatic heterocycles. The van der Waals surface area contributed by atoms with Gasteiger partial charge in [-0.05, 0) is 31.2 Å². The van der Waals surface area contributed by atoms with Gasteiger partial charge in [-0.2, -0.15) is 0 Å². The first-order valence-electron chi connectivity index (χ1n) is 7.56. The fourth-order valence-corrected chi connectivity index (χ4v) is 3.13. The van der Waals surface area contributed by atoms with Crippen LogP contribution in [0.2, 0.25) is 0 Å². The van der Waals surface area contributed by atoms with Crippen molar-refractivity contribution in [1.82, 2.24) is 0 Å². The summed E-state index contributed by atoms with van der Waals surface area (Å²) in [7, 11) is -3.62. The fraction of sp³-hybridized carbons (Fsp3) is 0.167. The number of para-hydroxylation sites is 1. The zero-order valence-electron chi connectivity index (χ0n) is 14.2. The SMILES string of the molecule is CC(=O)c1ccccc1NC(=O)COC(=O)c1ccccc1S(C)(=O)=O. The van der Waals surface area contributed by atoms with E-state index in [-0.39, 0.29) is 16.2 Å². The molecule has 0 heterocycles. The maximum absolute atomic E-state index is 12.1. The van der Waals surface area contributed by atoms with Crippen molar-refractivity contribution in [1.29, 1.82) is 0 Å². The van der Waals surface area contributed by atoms with Crippen molar-refractivity contribution < 1.29 is 27.5 Å². The minimum Gasteiger partial charge on any atom is -0.452 e. The Bertz CT molecular complexity index is 965. The molecule has 26 heavy (non-hydrogen) atoms. The summed E-state index contributed by atoms with van der Waals surface area (Å²) in [6.07, 6.45) is 0.977. The van der Waals surface area contributed by atoms with E-state index in [1.54, 1.807) is 24.3 Å². The summed E-state index contributed by atoms with van der Waals surface area (Å²) in [5, 5.41) is 2.49. The van der Waals surface area contributed by atoms with Crippen LogP contribution in [0.5, 0.6) is 0 Å². The molecule has 0 unspecified atom stereocenters. The van der Waals surface area contributed by atoms with Crippen molar-refractivity contribution in [3.8, 4) is 0 Å². The molecular formula is C18H17NO6S. The van der Waals surface area contributed by atoms with Gasteiger partial charge in [0.05, 0.1) is 16.1 Å². The lowest BCUT2D eigenvalue weighted by Gasteiger charge is -2.10. The van der Waals surface area contributed by atoms with Gasteiger partial charge in [0, 0.05) is 11.8 Å². The van der Waals surface area contributed by atoms with E-state index in [9.17, 15) is 22.8 Å². The van der Waals surface area contributed by atoms with Crippen LogP contribution in [0, 0.1) is 0 Å². The number of rotatable bonds is 6. The third-order valence-corrected chi connectivity index (χ3v) is 4.58. The van der Waals surface area contributed by atoms with Crippen molar-refractivity contribution in [3.05, 3.63) is 59.7 Å². The van der Waals surface area contributed by atoms with Crippen LogP contribution in [-0.2, 0) is 19.4 Å². The lowest BCUT2D eigenvalue weighted by atomic mass is 10.1. The summed E-state index contributed by atoms with van der Waals surface area (Å²) in [5.41, 5.74) is 0.485. The first-order valence-corrected chi connectivity index (χ1v) is 9.45. The molecule has 0 atom stereocenters. The normalized spacial score (nSPS) is 10.8. The highest BCUT2D eigenvalue weighted by molar-refractivity contribution is 7.90. The van der Waals surface area contributed by atoms with Gasteiger partial charge < -0.3 is 10.1 Å². The number of hydrogen-bond acceptors (Lipinski definition) is 6. The third-order valence-electron chi connectivity index (χ3n) is 3.42. The molecule has 7 nitrogen and oxygen atoms in total. The average molecular weight is 375 g/mol. The third kappa shape index (κ3) is 4.76. The van der Waals surface area contributed by atoms with Gasteiger partial charge >= 0.3 is 5.97 Å². The van der Waals surface area contributed by atoms with Gasteiger partial charge in [0.1, 0.15) is 0 Å². The largest absolute Gasteiger partial charge is 0.452 e. The van der Waals surface area contributed by atoms with Gasteiger partial charge in [-0.15, -0.1) is 0 Å². The summed E-state index contributed by atoms with van der Waals surface area (Å²) in [6.45, 7) is 0.746. The molecule has 0 fully saturated rings. The summed E-state index contributed by atoms with van der Waals surface area (Å²) in [6, 6.07) is 12.0. The number of anilines is 1. The van der Waals surface area contributed by atoms with E-state index in [2.05, 4.69) is 5.32 Å². The molecule has 8 heteroatoms. The number of ketones is 1. The molecule has 0 radical (unpaired) electrons. The van der Waals surface area contributed by atoms with Crippen molar-refractivity contribution >= 4 is 33.2 Å². The first kappa shape index (κ1) is 19.3. The van der Waals surface area contributed by atoms with Crippen molar-refractivity contribution in [2.24, 2.45) is 0 Å². The molecule has 0 aliphatic carbocycles. The van der Waals surface area contributed by atoms with E-state index in [4.69, 9.17) is 4.74 Å². The van der Waals surface area contributed by atoms with Gasteiger partial charge in [-0.1, -0.05) is 24.3 Å². The lowest BCUT2D eigenvalue weighted by molar-refractivity contribution is -0.119. The zero-order chi connectivity index (χ0) is 19.3. The summed E-state index contributed by atoms with van der Waals surface area (Å²) < 4.78 is 28.3. The van der Waals surface area contributed by atoms with Gasteiger partial charge in [0.15, 0.2) is 22.2 Å². The van der Waals surface area contributed by atoms with Gasteiger partial charge in [-0.25, -0.2) is 13.2 Å². The summed E-state index contributed by atoms with van der Waals surface area (Å²) >= 11 is 0. The van der Waals surface area contributed by atoms with Crippen LogP contribution in [0.4, 0.5) is 5.69 Å². The smallest absolute Gasteiger partial charge is 0.339 e. The second kappa shape index (κ2) is 7.92. The maximum atomic E-state index is 12.1. The number of benzene rings is 2. The topological polar surface area (TPSA) is 107 Å². The lowest BCUT2D eigenvalue weighted by Crippen LogP contribution is -2.22. The van der Waals surface area contributed by atoms with Crippen LogP contribution in [0.1, 0.15) is 27.6 Å². The molecule has 0 bridgehead atoms. The molecule has 136 valence electrons. The van der Waals surface area contributed by atoms with Crippen molar-refractivity contribution in [2.75, 3.05) is 18.2 Å². The molecule has 2 aromatic carbocycles. The number of nitrogens with one attached hydrogen (secondary N) is 1. The molecule has 1 N–H and O–H groups in total. The Morgan fingerprint density at radius 3 is 2.15 bits per heavy atom. The summed E-state index contributed by atoms with van der Waals surface area (Å²) in [4.78, 5) is 35.5. The number of ether oxygens (including phenoxy) is 1. The molecule has 1 amide bonds. The Morgan fingerprint density at radius 2 is 1.54 bits per heavy atom. The highest BCUT2D eigenvalue weighted by atomic mass is 32.2. The van der Waals surface area contributed by atoms with Crippen LogP contribution in [0.3, 0.4) is 0 Å². The van der Waals surface area contributed by atoms with Crippen molar-refractivity contribution in [3.63, 3.8) is 0 Å². The summed E-state index contributed by atoms with van der Waals surface area (Å²) in [5.74, 6) is -1.80. The van der Waals surface area contributed by atoms with Crippen LogP contribution in [-0.4, -0.2) is 38.9 Å². The molecule has 0 aliphatic heterocycles. The van der Waals surface area contributed by atoms with Gasteiger partial charge in [0.2, 0.25) is 0 Å². The number of carbonyl (C=O) groups excluding carboxylic acids is 3. The molecule has 0 aliphatic rings.